The van der Waals surface area contributed by atoms with Crippen LogP contribution in [-0.4, -0.2) is 74.8 Å². The normalized spacial score (nSPS) is 18.7. The maximum absolute atomic E-state index is 12.6. The quantitative estimate of drug-likeness (QED) is 0.787. The molecule has 0 atom stereocenters. The van der Waals surface area contributed by atoms with Gasteiger partial charge >= 0.3 is 6.03 Å². The molecule has 2 saturated heterocycles. The van der Waals surface area contributed by atoms with Crippen molar-refractivity contribution in [2.45, 2.75) is 19.4 Å². The van der Waals surface area contributed by atoms with Crippen LogP contribution in [-0.2, 0) is 11.3 Å². The lowest BCUT2D eigenvalue weighted by atomic mass is 9.97. The summed E-state index contributed by atoms with van der Waals surface area (Å²) in [4.78, 5) is 28.5. The molecule has 27 heavy (non-hydrogen) atoms. The van der Waals surface area contributed by atoms with E-state index in [-0.39, 0.29) is 11.6 Å². The minimum absolute atomic E-state index is 0.104. The van der Waals surface area contributed by atoms with Gasteiger partial charge in [0.05, 0.1) is 13.2 Å². The van der Waals surface area contributed by atoms with Gasteiger partial charge in [-0.25, -0.2) is 14.2 Å². The van der Waals surface area contributed by atoms with Crippen molar-refractivity contribution >= 4 is 6.03 Å². The summed E-state index contributed by atoms with van der Waals surface area (Å²) in [6.45, 7) is 4.56. The Labute approximate surface area is 157 Å². The first-order valence-electron chi connectivity index (χ1n) is 9.40. The minimum Gasteiger partial charge on any atom is -0.378 e. The Hall–Kier alpha value is -2.68. The molecule has 0 N–H and O–H groups in total. The first kappa shape index (κ1) is 17.7. The van der Waals surface area contributed by atoms with Crippen molar-refractivity contribution in [3.05, 3.63) is 40.9 Å². The number of carbonyl (C=O) groups is 1. The SMILES string of the molecule is O=C(N1CCOCC1)N1CCC(Cn2nc(-n3cccn3)ccc2=O)CC1. The monoisotopic (exact) mass is 372 g/mol. The predicted molar refractivity (Wildman–Crippen MR) is 97.7 cm³/mol. The van der Waals surface area contributed by atoms with E-state index in [2.05, 4.69) is 10.2 Å². The number of likely N-dealkylation sites (tertiary alicyclic amines) is 1. The third-order valence-electron chi connectivity index (χ3n) is 5.19. The summed E-state index contributed by atoms with van der Waals surface area (Å²) in [5.41, 5.74) is -0.113. The van der Waals surface area contributed by atoms with Gasteiger partial charge in [-0.05, 0) is 30.9 Å². The van der Waals surface area contributed by atoms with Gasteiger partial charge in [0.2, 0.25) is 0 Å². The summed E-state index contributed by atoms with van der Waals surface area (Å²) in [6, 6.07) is 5.13. The van der Waals surface area contributed by atoms with Crippen LogP contribution < -0.4 is 5.56 Å². The molecule has 2 aromatic heterocycles. The van der Waals surface area contributed by atoms with E-state index >= 15 is 0 Å². The number of rotatable bonds is 3. The third kappa shape index (κ3) is 4.02. The molecule has 2 aliphatic heterocycles. The highest BCUT2D eigenvalue weighted by Crippen LogP contribution is 2.20. The van der Waals surface area contributed by atoms with Crippen LogP contribution >= 0.6 is 0 Å². The molecule has 4 rings (SSSR count). The first-order valence-corrected chi connectivity index (χ1v) is 9.40. The number of ether oxygens (including phenoxy) is 1. The molecule has 2 aromatic rings. The molecular formula is C18H24N6O3. The van der Waals surface area contributed by atoms with Gasteiger partial charge < -0.3 is 14.5 Å². The lowest BCUT2D eigenvalue weighted by molar-refractivity contribution is 0.0396. The second-order valence-electron chi connectivity index (χ2n) is 6.97. The van der Waals surface area contributed by atoms with Crippen molar-refractivity contribution < 1.29 is 9.53 Å². The highest BCUT2D eigenvalue weighted by atomic mass is 16.5. The number of urea groups is 1. The fraction of sp³-hybridized carbons (Fsp3) is 0.556. The Bertz CT molecular complexity index is 820. The van der Waals surface area contributed by atoms with Gasteiger partial charge in [-0.2, -0.15) is 5.10 Å². The lowest BCUT2D eigenvalue weighted by Gasteiger charge is -2.37. The Morgan fingerprint density at radius 1 is 1.11 bits per heavy atom. The Kier molecular flexibility index (Phi) is 5.19. The van der Waals surface area contributed by atoms with Crippen LogP contribution in [0.15, 0.2) is 35.4 Å². The van der Waals surface area contributed by atoms with Crippen molar-refractivity contribution in [1.29, 1.82) is 0 Å². The highest BCUT2D eigenvalue weighted by Gasteiger charge is 2.27. The number of piperidine rings is 1. The van der Waals surface area contributed by atoms with E-state index in [1.807, 2.05) is 15.9 Å². The zero-order valence-corrected chi connectivity index (χ0v) is 15.2. The van der Waals surface area contributed by atoms with Crippen molar-refractivity contribution in [3.63, 3.8) is 0 Å². The molecule has 2 fully saturated rings. The number of amides is 2. The molecule has 0 aliphatic carbocycles. The predicted octanol–water partition coefficient (Wildman–Crippen LogP) is 0.593. The molecule has 0 radical (unpaired) electrons. The zero-order chi connectivity index (χ0) is 18.6. The summed E-state index contributed by atoms with van der Waals surface area (Å²) < 4.78 is 8.46. The van der Waals surface area contributed by atoms with E-state index in [9.17, 15) is 9.59 Å². The zero-order valence-electron chi connectivity index (χ0n) is 15.2. The summed E-state index contributed by atoms with van der Waals surface area (Å²) in [7, 11) is 0. The average Bonchev–Trinajstić information content (AvgIpc) is 3.25. The fourth-order valence-electron chi connectivity index (χ4n) is 3.60. The number of morpholine rings is 1. The molecule has 4 heterocycles. The van der Waals surface area contributed by atoms with Crippen molar-refractivity contribution in [2.75, 3.05) is 39.4 Å². The smallest absolute Gasteiger partial charge is 0.320 e. The van der Waals surface area contributed by atoms with E-state index in [0.29, 0.717) is 57.7 Å². The maximum atomic E-state index is 12.6. The molecule has 0 spiro atoms. The Morgan fingerprint density at radius 2 is 1.85 bits per heavy atom. The highest BCUT2D eigenvalue weighted by molar-refractivity contribution is 5.74. The van der Waals surface area contributed by atoms with Gasteiger partial charge in [-0.3, -0.25) is 4.79 Å². The lowest BCUT2D eigenvalue weighted by Crippen LogP contribution is -2.50. The summed E-state index contributed by atoms with van der Waals surface area (Å²) in [5.74, 6) is 0.955. The largest absolute Gasteiger partial charge is 0.378 e. The molecule has 0 aromatic carbocycles. The van der Waals surface area contributed by atoms with Crippen molar-refractivity contribution in [1.82, 2.24) is 29.4 Å². The third-order valence-corrected chi connectivity index (χ3v) is 5.19. The van der Waals surface area contributed by atoms with Crippen LogP contribution in [0.2, 0.25) is 0 Å². The van der Waals surface area contributed by atoms with E-state index < -0.39 is 0 Å². The summed E-state index contributed by atoms with van der Waals surface area (Å²) >= 11 is 0. The van der Waals surface area contributed by atoms with Gasteiger partial charge in [-0.1, -0.05) is 0 Å². The number of carbonyl (C=O) groups excluding carboxylic acids is 1. The second kappa shape index (κ2) is 7.91. The van der Waals surface area contributed by atoms with E-state index in [1.165, 1.54) is 10.7 Å². The van der Waals surface area contributed by atoms with Gasteiger partial charge in [0, 0.05) is 51.2 Å². The van der Waals surface area contributed by atoms with E-state index in [4.69, 9.17) is 4.74 Å². The molecule has 2 amide bonds. The molecule has 0 unspecified atom stereocenters. The Balaban J connectivity index is 1.36. The van der Waals surface area contributed by atoms with Crippen LogP contribution in [0, 0.1) is 5.92 Å². The number of hydrogen-bond donors (Lipinski definition) is 0. The number of nitrogens with zero attached hydrogens (tertiary/aromatic N) is 6. The number of aromatic nitrogens is 4. The van der Waals surface area contributed by atoms with Crippen LogP contribution in [0.5, 0.6) is 0 Å². The molecule has 144 valence electrons. The summed E-state index contributed by atoms with van der Waals surface area (Å²) in [6.07, 6.45) is 5.22. The van der Waals surface area contributed by atoms with Gasteiger partial charge in [0.25, 0.3) is 5.56 Å². The van der Waals surface area contributed by atoms with Gasteiger partial charge in [0.1, 0.15) is 0 Å². The molecule has 9 heteroatoms. The first-order chi connectivity index (χ1) is 13.2. The molecule has 2 aliphatic rings. The van der Waals surface area contributed by atoms with E-state index in [1.54, 1.807) is 23.1 Å². The van der Waals surface area contributed by atoms with Crippen LogP contribution in [0.3, 0.4) is 0 Å². The van der Waals surface area contributed by atoms with E-state index in [0.717, 1.165) is 12.8 Å². The minimum atomic E-state index is -0.113. The van der Waals surface area contributed by atoms with Crippen LogP contribution in [0.4, 0.5) is 4.79 Å². The van der Waals surface area contributed by atoms with Crippen molar-refractivity contribution in [3.8, 4) is 5.82 Å². The number of hydrogen-bond acceptors (Lipinski definition) is 5. The molecule has 0 bridgehead atoms. The van der Waals surface area contributed by atoms with Crippen LogP contribution in [0.25, 0.3) is 5.82 Å². The fourth-order valence-corrected chi connectivity index (χ4v) is 3.60. The second-order valence-corrected chi connectivity index (χ2v) is 6.97. The molecule has 0 saturated carbocycles. The molecular weight excluding hydrogens is 348 g/mol. The van der Waals surface area contributed by atoms with Crippen LogP contribution in [0.1, 0.15) is 12.8 Å². The average molecular weight is 372 g/mol. The summed E-state index contributed by atoms with van der Waals surface area (Å²) in [5, 5.41) is 8.60. The topological polar surface area (TPSA) is 85.5 Å². The van der Waals surface area contributed by atoms with Gasteiger partial charge in [-0.15, -0.1) is 5.10 Å². The Morgan fingerprint density at radius 3 is 2.56 bits per heavy atom. The van der Waals surface area contributed by atoms with Crippen molar-refractivity contribution in [2.24, 2.45) is 5.92 Å². The van der Waals surface area contributed by atoms with Gasteiger partial charge in [0.15, 0.2) is 5.82 Å². The standard InChI is InChI=1S/C18H24N6O3/c25-17-3-2-16(23-7-1-6-19-23)20-24(17)14-15-4-8-21(9-5-15)18(26)22-10-12-27-13-11-22/h1-3,6-7,15H,4-5,8-14H2. The molecule has 9 nitrogen and oxygen atoms in total. The maximum Gasteiger partial charge on any atom is 0.320 e.